The quantitative estimate of drug-likeness (QED) is 0.514. The van der Waals surface area contributed by atoms with E-state index in [-0.39, 0.29) is 12.2 Å². The molecule has 3 rings (SSSR count). The topological polar surface area (TPSA) is 73.5 Å². The number of benzene rings is 2. The van der Waals surface area contributed by atoms with Gasteiger partial charge in [-0.2, -0.15) is 10.0 Å². The van der Waals surface area contributed by atoms with E-state index in [9.17, 15) is 9.70 Å². The minimum atomic E-state index is -0.528. The number of hydrogen-bond acceptors (Lipinski definition) is 5. The van der Waals surface area contributed by atoms with Gasteiger partial charge >= 0.3 is 5.97 Å². The highest BCUT2D eigenvalue weighted by Gasteiger charge is 2.19. The number of carbonyl (C=O) groups excluding carboxylic acids is 1. The summed E-state index contributed by atoms with van der Waals surface area (Å²) in [6, 6.07) is 12.9. The van der Waals surface area contributed by atoms with E-state index in [0.717, 1.165) is 15.7 Å². The van der Waals surface area contributed by atoms with Gasteiger partial charge in [-0.3, -0.25) is 0 Å². The summed E-state index contributed by atoms with van der Waals surface area (Å²) in [6.07, 6.45) is 0. The Balaban J connectivity index is 2.26. The number of hydrogen-bond donors (Lipinski definition) is 0. The van der Waals surface area contributed by atoms with E-state index in [4.69, 9.17) is 4.74 Å². The number of halogens is 1. The Kier molecular flexibility index (Phi) is 4.20. The lowest BCUT2D eigenvalue weighted by atomic mass is 10.1. The van der Waals surface area contributed by atoms with Crippen LogP contribution >= 0.6 is 15.9 Å². The molecule has 2 aromatic carbocycles. The predicted molar refractivity (Wildman–Crippen MR) is 89.6 cm³/mol. The second kappa shape index (κ2) is 6.29. The molecule has 0 aliphatic rings. The molecule has 3 aromatic rings. The molecule has 0 atom stereocenters. The van der Waals surface area contributed by atoms with Crippen LogP contribution in [0.4, 0.5) is 0 Å². The number of rotatable bonds is 4. The largest absolute Gasteiger partial charge is 0.464 e. The van der Waals surface area contributed by atoms with E-state index in [1.165, 1.54) is 7.11 Å². The second-order valence-corrected chi connectivity index (χ2v) is 5.79. The predicted octanol–water partition coefficient (Wildman–Crippen LogP) is 3.84. The van der Waals surface area contributed by atoms with Crippen molar-refractivity contribution < 1.29 is 9.53 Å². The maximum absolute atomic E-state index is 12.0. The van der Waals surface area contributed by atoms with Crippen molar-refractivity contribution in [3.05, 3.63) is 63.1 Å². The van der Waals surface area contributed by atoms with Crippen LogP contribution in [-0.2, 0) is 11.3 Å². The monoisotopic (exact) mass is 373 g/mol. The zero-order valence-electron chi connectivity index (χ0n) is 12.2. The summed E-state index contributed by atoms with van der Waals surface area (Å²) in [7, 11) is 1.31. The molecule has 116 valence electrons. The molecule has 0 spiro atoms. The lowest BCUT2D eigenvalue weighted by Crippen LogP contribution is -2.04. The van der Waals surface area contributed by atoms with Crippen molar-refractivity contribution in [1.29, 1.82) is 0 Å². The molecule has 0 saturated carbocycles. The van der Waals surface area contributed by atoms with E-state index in [2.05, 4.69) is 26.2 Å². The fraction of sp³-hybridized carbons (Fsp3) is 0.125. The molecule has 1 heterocycles. The number of methoxy groups -OCH3 is 1. The number of carbonyl (C=O) groups is 1. The average molecular weight is 374 g/mol. The molecule has 6 nitrogen and oxygen atoms in total. The summed E-state index contributed by atoms with van der Waals surface area (Å²) in [5.74, 6) is -0.528. The van der Waals surface area contributed by atoms with Crippen molar-refractivity contribution in [2.45, 2.75) is 6.54 Å². The second-order valence-electron chi connectivity index (χ2n) is 4.87. The molecule has 1 aromatic heterocycles. The molecule has 7 heteroatoms. The van der Waals surface area contributed by atoms with Crippen LogP contribution in [0.3, 0.4) is 0 Å². The molecule has 0 N–H and O–H groups in total. The van der Waals surface area contributed by atoms with Gasteiger partial charge in [-0.25, -0.2) is 9.48 Å². The SMILES string of the molecule is COC(=O)c1nn(-c2cccc(Br)c2)c2ccc(CN=O)cc12. The number of esters is 1. The summed E-state index contributed by atoms with van der Waals surface area (Å²) in [6.45, 7) is 0.0403. The van der Waals surface area contributed by atoms with Gasteiger partial charge in [0.25, 0.3) is 0 Å². The molecule has 0 amide bonds. The van der Waals surface area contributed by atoms with Gasteiger partial charge in [0.05, 0.1) is 18.3 Å². The van der Waals surface area contributed by atoms with Crippen LogP contribution in [0, 0.1) is 4.91 Å². The van der Waals surface area contributed by atoms with Crippen molar-refractivity contribution in [1.82, 2.24) is 9.78 Å². The van der Waals surface area contributed by atoms with Crippen LogP contribution in [0.2, 0.25) is 0 Å². The molecule has 0 aliphatic carbocycles. The number of fused-ring (bicyclic) bond motifs is 1. The maximum atomic E-state index is 12.0. The smallest absolute Gasteiger partial charge is 0.359 e. The third-order valence-electron chi connectivity index (χ3n) is 3.42. The van der Waals surface area contributed by atoms with Gasteiger partial charge in [0.2, 0.25) is 0 Å². The first kappa shape index (κ1) is 15.4. The minimum Gasteiger partial charge on any atom is -0.464 e. The van der Waals surface area contributed by atoms with Crippen LogP contribution in [0.25, 0.3) is 16.6 Å². The van der Waals surface area contributed by atoms with Crippen LogP contribution in [0.15, 0.2) is 52.1 Å². The summed E-state index contributed by atoms with van der Waals surface area (Å²) in [5.41, 5.74) is 2.47. The number of nitroso groups, excluding NO2 is 1. The fourth-order valence-electron chi connectivity index (χ4n) is 2.39. The van der Waals surface area contributed by atoms with Gasteiger partial charge in [-0.05, 0) is 35.9 Å². The Labute approximate surface area is 140 Å². The van der Waals surface area contributed by atoms with E-state index in [0.29, 0.717) is 10.9 Å². The highest BCUT2D eigenvalue weighted by Crippen LogP contribution is 2.25. The maximum Gasteiger partial charge on any atom is 0.359 e. The van der Waals surface area contributed by atoms with Crippen molar-refractivity contribution in [2.75, 3.05) is 7.11 Å². The third-order valence-corrected chi connectivity index (χ3v) is 3.92. The van der Waals surface area contributed by atoms with Crippen LogP contribution in [-0.4, -0.2) is 22.9 Å². The number of nitrogens with zero attached hydrogens (tertiary/aromatic N) is 3. The van der Waals surface area contributed by atoms with Gasteiger partial charge in [0.15, 0.2) is 5.69 Å². The fourth-order valence-corrected chi connectivity index (χ4v) is 2.78. The van der Waals surface area contributed by atoms with Crippen LogP contribution in [0.1, 0.15) is 16.1 Å². The third kappa shape index (κ3) is 2.87. The molecule has 0 radical (unpaired) electrons. The molecule has 0 aliphatic heterocycles. The van der Waals surface area contributed by atoms with Gasteiger partial charge in [0.1, 0.15) is 6.54 Å². The Hall–Kier alpha value is -2.54. The highest BCUT2D eigenvalue weighted by molar-refractivity contribution is 9.10. The Morgan fingerprint density at radius 2 is 2.13 bits per heavy atom. The van der Waals surface area contributed by atoms with Crippen molar-refractivity contribution >= 4 is 32.8 Å². The normalized spacial score (nSPS) is 10.7. The molecule has 0 fully saturated rings. The van der Waals surface area contributed by atoms with Crippen molar-refractivity contribution in [3.8, 4) is 5.69 Å². The van der Waals surface area contributed by atoms with Gasteiger partial charge < -0.3 is 4.74 Å². The lowest BCUT2D eigenvalue weighted by Gasteiger charge is -2.04. The average Bonchev–Trinajstić information content (AvgIpc) is 2.93. The first-order valence-electron chi connectivity index (χ1n) is 6.79. The Morgan fingerprint density at radius 1 is 1.30 bits per heavy atom. The first-order valence-corrected chi connectivity index (χ1v) is 7.58. The van der Waals surface area contributed by atoms with Crippen molar-refractivity contribution in [3.63, 3.8) is 0 Å². The summed E-state index contributed by atoms with van der Waals surface area (Å²) in [4.78, 5) is 22.5. The van der Waals surface area contributed by atoms with Crippen LogP contribution < -0.4 is 0 Å². The number of ether oxygens (including phenoxy) is 1. The highest BCUT2D eigenvalue weighted by atomic mass is 79.9. The summed E-state index contributed by atoms with van der Waals surface area (Å²) < 4.78 is 7.38. The minimum absolute atomic E-state index is 0.0403. The molecule has 0 bridgehead atoms. The molecule has 0 unspecified atom stereocenters. The van der Waals surface area contributed by atoms with E-state index < -0.39 is 5.97 Å². The Morgan fingerprint density at radius 3 is 2.83 bits per heavy atom. The molecule has 0 saturated heterocycles. The van der Waals surface area contributed by atoms with Gasteiger partial charge in [-0.1, -0.05) is 33.2 Å². The summed E-state index contributed by atoms with van der Waals surface area (Å²) in [5, 5.41) is 7.89. The van der Waals surface area contributed by atoms with Gasteiger partial charge in [0, 0.05) is 9.86 Å². The van der Waals surface area contributed by atoms with Gasteiger partial charge in [-0.15, -0.1) is 0 Å². The summed E-state index contributed by atoms with van der Waals surface area (Å²) >= 11 is 3.43. The van der Waals surface area contributed by atoms with Crippen molar-refractivity contribution in [2.24, 2.45) is 5.18 Å². The zero-order chi connectivity index (χ0) is 16.4. The molecular weight excluding hydrogens is 362 g/mol. The standard InChI is InChI=1S/C16H12BrN3O3/c1-23-16(21)15-13-7-10(9-18-22)5-6-14(13)20(19-15)12-4-2-3-11(17)8-12/h2-8H,9H2,1H3. The number of aromatic nitrogens is 2. The van der Waals surface area contributed by atoms with E-state index >= 15 is 0 Å². The first-order chi connectivity index (χ1) is 11.1. The lowest BCUT2D eigenvalue weighted by molar-refractivity contribution is 0.0595. The zero-order valence-corrected chi connectivity index (χ0v) is 13.8. The Bertz CT molecular complexity index is 905. The van der Waals surface area contributed by atoms with E-state index in [1.807, 2.05) is 30.3 Å². The molecular formula is C16H12BrN3O3. The van der Waals surface area contributed by atoms with Crippen LogP contribution in [0.5, 0.6) is 0 Å². The van der Waals surface area contributed by atoms with E-state index in [1.54, 1.807) is 16.8 Å². The molecule has 23 heavy (non-hydrogen) atoms.